The minimum absolute atomic E-state index is 0.0415. The number of rotatable bonds is 7. The van der Waals surface area contributed by atoms with Crippen LogP contribution < -0.4 is 5.32 Å². The summed E-state index contributed by atoms with van der Waals surface area (Å²) in [5.41, 5.74) is 0.416. The zero-order chi connectivity index (χ0) is 13.9. The molecule has 19 heavy (non-hydrogen) atoms. The zero-order valence-electron chi connectivity index (χ0n) is 13.0. The standard InChI is InChI=1S/C16H32N2O/c1-4-16(5-2,11-17-6-3)12-18-13-7-8-14(18)10-15(19)9-13/h13-15,17,19H,4-12H2,1-3H3. The maximum Gasteiger partial charge on any atom is 0.0570 e. The van der Waals surface area contributed by atoms with Crippen LogP contribution in [0.15, 0.2) is 0 Å². The van der Waals surface area contributed by atoms with Crippen molar-refractivity contribution in [1.82, 2.24) is 10.2 Å². The summed E-state index contributed by atoms with van der Waals surface area (Å²) in [5.74, 6) is 0. The van der Waals surface area contributed by atoms with Crippen LogP contribution in [0.3, 0.4) is 0 Å². The minimum Gasteiger partial charge on any atom is -0.393 e. The van der Waals surface area contributed by atoms with E-state index in [0.717, 1.165) is 25.9 Å². The van der Waals surface area contributed by atoms with Crippen LogP contribution in [-0.2, 0) is 0 Å². The van der Waals surface area contributed by atoms with Gasteiger partial charge in [-0.3, -0.25) is 4.90 Å². The fourth-order valence-electron chi connectivity index (χ4n) is 4.06. The number of piperidine rings is 1. The summed E-state index contributed by atoms with van der Waals surface area (Å²) in [7, 11) is 0. The third kappa shape index (κ3) is 3.32. The summed E-state index contributed by atoms with van der Waals surface area (Å²) >= 11 is 0. The van der Waals surface area contributed by atoms with E-state index in [0.29, 0.717) is 17.5 Å². The number of aliphatic hydroxyl groups excluding tert-OH is 1. The van der Waals surface area contributed by atoms with E-state index in [1.807, 2.05) is 0 Å². The lowest BCUT2D eigenvalue weighted by Crippen LogP contribution is -2.51. The Hall–Kier alpha value is -0.120. The molecule has 3 heteroatoms. The molecule has 2 aliphatic heterocycles. The summed E-state index contributed by atoms with van der Waals surface area (Å²) in [6.07, 6.45) is 7.05. The average molecular weight is 268 g/mol. The predicted molar refractivity (Wildman–Crippen MR) is 80.3 cm³/mol. The van der Waals surface area contributed by atoms with E-state index >= 15 is 0 Å². The van der Waals surface area contributed by atoms with E-state index in [1.54, 1.807) is 0 Å². The Morgan fingerprint density at radius 1 is 1.11 bits per heavy atom. The molecule has 2 saturated heterocycles. The predicted octanol–water partition coefficient (Wildman–Crippen LogP) is 2.39. The lowest BCUT2D eigenvalue weighted by atomic mass is 9.80. The van der Waals surface area contributed by atoms with Gasteiger partial charge < -0.3 is 10.4 Å². The number of nitrogens with one attached hydrogen (secondary N) is 1. The fraction of sp³-hybridized carbons (Fsp3) is 1.00. The van der Waals surface area contributed by atoms with Crippen molar-refractivity contribution in [2.24, 2.45) is 5.41 Å². The third-order valence-electron chi connectivity index (χ3n) is 5.63. The molecule has 0 spiro atoms. The highest BCUT2D eigenvalue weighted by Gasteiger charge is 2.43. The highest BCUT2D eigenvalue weighted by Crippen LogP contribution is 2.39. The van der Waals surface area contributed by atoms with Crippen molar-refractivity contribution < 1.29 is 5.11 Å². The van der Waals surface area contributed by atoms with Crippen LogP contribution >= 0.6 is 0 Å². The molecule has 2 bridgehead atoms. The first kappa shape index (κ1) is 15.3. The van der Waals surface area contributed by atoms with Gasteiger partial charge in [0.05, 0.1) is 6.10 Å². The maximum absolute atomic E-state index is 9.92. The topological polar surface area (TPSA) is 35.5 Å². The number of hydrogen-bond donors (Lipinski definition) is 2. The van der Waals surface area contributed by atoms with Gasteiger partial charge in [-0.1, -0.05) is 20.8 Å². The van der Waals surface area contributed by atoms with Crippen molar-refractivity contribution in [3.8, 4) is 0 Å². The Bertz CT molecular complexity index is 264. The number of nitrogens with zero attached hydrogens (tertiary/aromatic N) is 1. The van der Waals surface area contributed by atoms with Crippen LogP contribution in [0.25, 0.3) is 0 Å². The van der Waals surface area contributed by atoms with Gasteiger partial charge in [0, 0.05) is 25.2 Å². The Labute approximate surface area is 118 Å². The molecule has 112 valence electrons. The summed E-state index contributed by atoms with van der Waals surface area (Å²) < 4.78 is 0. The number of hydrogen-bond acceptors (Lipinski definition) is 3. The third-order valence-corrected chi connectivity index (χ3v) is 5.63. The first-order valence-electron chi connectivity index (χ1n) is 8.28. The molecule has 2 heterocycles. The lowest BCUT2D eigenvalue weighted by Gasteiger charge is -2.44. The first-order chi connectivity index (χ1) is 9.14. The molecule has 0 amide bonds. The smallest absolute Gasteiger partial charge is 0.0570 e. The molecule has 0 aliphatic carbocycles. The second-order valence-electron chi connectivity index (χ2n) is 6.67. The molecule has 2 unspecified atom stereocenters. The zero-order valence-corrected chi connectivity index (χ0v) is 13.0. The van der Waals surface area contributed by atoms with Crippen molar-refractivity contribution in [2.45, 2.75) is 77.5 Å². The monoisotopic (exact) mass is 268 g/mol. The van der Waals surface area contributed by atoms with Crippen molar-refractivity contribution in [3.05, 3.63) is 0 Å². The Morgan fingerprint density at radius 3 is 2.16 bits per heavy atom. The molecule has 3 nitrogen and oxygen atoms in total. The van der Waals surface area contributed by atoms with Gasteiger partial charge in [-0.05, 0) is 50.5 Å². The Balaban J connectivity index is 2.01. The second-order valence-corrected chi connectivity index (χ2v) is 6.67. The number of fused-ring (bicyclic) bond motifs is 2. The quantitative estimate of drug-likeness (QED) is 0.744. The van der Waals surface area contributed by atoms with Crippen LogP contribution in [0.2, 0.25) is 0 Å². The van der Waals surface area contributed by atoms with E-state index in [4.69, 9.17) is 0 Å². The molecular weight excluding hydrogens is 236 g/mol. The molecule has 2 atom stereocenters. The second kappa shape index (κ2) is 6.55. The van der Waals surface area contributed by atoms with Crippen molar-refractivity contribution in [3.63, 3.8) is 0 Å². The van der Waals surface area contributed by atoms with Gasteiger partial charge in [-0.2, -0.15) is 0 Å². The van der Waals surface area contributed by atoms with Crippen molar-refractivity contribution in [1.29, 1.82) is 0 Å². The van der Waals surface area contributed by atoms with E-state index in [-0.39, 0.29) is 6.10 Å². The SMILES string of the molecule is CCNCC(CC)(CC)CN1C2CCC1CC(O)C2. The van der Waals surface area contributed by atoms with Crippen LogP contribution in [0.1, 0.15) is 59.3 Å². The molecule has 0 aromatic heterocycles. The van der Waals surface area contributed by atoms with Crippen LogP contribution in [0.4, 0.5) is 0 Å². The molecule has 0 aromatic carbocycles. The summed E-state index contributed by atoms with van der Waals surface area (Å²) in [6.45, 7) is 10.3. The van der Waals surface area contributed by atoms with Gasteiger partial charge in [0.25, 0.3) is 0 Å². The molecule has 0 radical (unpaired) electrons. The molecule has 0 aromatic rings. The normalized spacial score (nSPS) is 31.9. The molecule has 0 saturated carbocycles. The largest absolute Gasteiger partial charge is 0.393 e. The molecule has 2 rings (SSSR count). The minimum atomic E-state index is -0.0415. The van der Waals surface area contributed by atoms with Crippen molar-refractivity contribution >= 4 is 0 Å². The van der Waals surface area contributed by atoms with E-state index in [9.17, 15) is 5.11 Å². The van der Waals surface area contributed by atoms with Gasteiger partial charge in [0.2, 0.25) is 0 Å². The van der Waals surface area contributed by atoms with Gasteiger partial charge in [0.15, 0.2) is 0 Å². The van der Waals surface area contributed by atoms with Crippen molar-refractivity contribution in [2.75, 3.05) is 19.6 Å². The summed E-state index contributed by atoms with van der Waals surface area (Å²) in [4.78, 5) is 2.73. The fourth-order valence-corrected chi connectivity index (χ4v) is 4.06. The summed E-state index contributed by atoms with van der Waals surface area (Å²) in [5, 5.41) is 13.5. The maximum atomic E-state index is 9.92. The van der Waals surface area contributed by atoms with Crippen LogP contribution in [-0.4, -0.2) is 47.8 Å². The summed E-state index contributed by atoms with van der Waals surface area (Å²) in [6, 6.07) is 1.29. The molecular formula is C16H32N2O. The highest BCUT2D eigenvalue weighted by atomic mass is 16.3. The first-order valence-corrected chi connectivity index (χ1v) is 8.28. The Kier molecular flexibility index (Phi) is 5.27. The Morgan fingerprint density at radius 2 is 1.68 bits per heavy atom. The van der Waals surface area contributed by atoms with E-state index in [2.05, 4.69) is 31.0 Å². The van der Waals surface area contributed by atoms with Gasteiger partial charge >= 0.3 is 0 Å². The van der Waals surface area contributed by atoms with Gasteiger partial charge in [0.1, 0.15) is 0 Å². The average Bonchev–Trinajstić information content (AvgIpc) is 2.65. The van der Waals surface area contributed by atoms with Crippen LogP contribution in [0, 0.1) is 5.41 Å². The van der Waals surface area contributed by atoms with E-state index in [1.165, 1.54) is 32.2 Å². The van der Waals surface area contributed by atoms with Crippen LogP contribution in [0.5, 0.6) is 0 Å². The van der Waals surface area contributed by atoms with Gasteiger partial charge in [-0.15, -0.1) is 0 Å². The molecule has 2 fully saturated rings. The van der Waals surface area contributed by atoms with Gasteiger partial charge in [-0.25, -0.2) is 0 Å². The van der Waals surface area contributed by atoms with E-state index < -0.39 is 0 Å². The molecule has 2 N–H and O–H groups in total. The lowest BCUT2D eigenvalue weighted by molar-refractivity contribution is 0.00726. The number of aliphatic hydroxyl groups is 1. The molecule has 2 aliphatic rings. The highest BCUT2D eigenvalue weighted by molar-refractivity contribution is 4.98.